The van der Waals surface area contributed by atoms with Crippen LogP contribution in [0.1, 0.15) is 28.8 Å². The molecule has 5 nitrogen and oxygen atoms in total. The minimum atomic E-state index is -3.23. The van der Waals surface area contributed by atoms with E-state index in [1.54, 1.807) is 29.2 Å². The Morgan fingerprint density at radius 1 is 0.920 bits per heavy atom. The minimum Gasteiger partial charge on any atom is -0.308 e. The number of hydrogen-bond acceptors (Lipinski definition) is 3. The Hall–Kier alpha value is -2.34. The Labute approximate surface area is 147 Å². The molecule has 2 aromatic rings. The summed E-state index contributed by atoms with van der Waals surface area (Å²) in [4.78, 5) is 14.6. The van der Waals surface area contributed by atoms with E-state index in [-0.39, 0.29) is 11.7 Å². The molecule has 0 radical (unpaired) electrons. The monoisotopic (exact) mass is 356 g/mol. The lowest BCUT2D eigenvalue weighted by atomic mass is 10.1. The number of rotatable bonds is 2. The van der Waals surface area contributed by atoms with Crippen molar-refractivity contribution in [3.63, 3.8) is 0 Å². The van der Waals surface area contributed by atoms with E-state index < -0.39 is 10.0 Å². The maximum atomic E-state index is 12.8. The number of para-hydroxylation sites is 1. The molecule has 0 atom stereocenters. The largest absolute Gasteiger partial charge is 0.308 e. The molecule has 0 unspecified atom stereocenters. The van der Waals surface area contributed by atoms with Gasteiger partial charge in [0, 0.05) is 24.3 Å². The first-order valence-corrected chi connectivity index (χ1v) is 10.2. The van der Waals surface area contributed by atoms with Gasteiger partial charge < -0.3 is 4.90 Å². The predicted octanol–water partition coefficient (Wildman–Crippen LogP) is 2.82. The molecule has 130 valence electrons. The predicted molar refractivity (Wildman–Crippen MR) is 98.6 cm³/mol. The summed E-state index contributed by atoms with van der Waals surface area (Å²) in [6, 6.07) is 14.9. The van der Waals surface area contributed by atoms with E-state index in [1.807, 2.05) is 24.3 Å². The Morgan fingerprint density at radius 2 is 1.68 bits per heavy atom. The van der Waals surface area contributed by atoms with Gasteiger partial charge in [-0.2, -0.15) is 0 Å². The molecule has 1 saturated heterocycles. The number of nitrogens with zero attached hydrogens (tertiary/aromatic N) is 2. The zero-order chi connectivity index (χ0) is 17.4. The molecule has 6 heteroatoms. The lowest BCUT2D eigenvalue weighted by Gasteiger charge is -2.28. The molecule has 2 aromatic carbocycles. The van der Waals surface area contributed by atoms with Crippen LogP contribution in [0, 0.1) is 0 Å². The van der Waals surface area contributed by atoms with Crippen molar-refractivity contribution in [2.24, 2.45) is 0 Å². The fraction of sp³-hybridized carbons (Fsp3) is 0.316. The molecule has 25 heavy (non-hydrogen) atoms. The number of sulfonamides is 1. The third-order valence-electron chi connectivity index (χ3n) is 4.88. The zero-order valence-electron chi connectivity index (χ0n) is 13.9. The van der Waals surface area contributed by atoms with Crippen molar-refractivity contribution in [3.05, 3.63) is 59.7 Å². The van der Waals surface area contributed by atoms with E-state index >= 15 is 0 Å². The standard InChI is InChI=1S/C19H20N2O3S/c22-19(20-13-11-15-5-1-2-6-18(15)20)16-7-9-17(10-8-16)21-12-3-4-14-25(21,23)24/h1-2,5-10H,3-4,11-14H2. The summed E-state index contributed by atoms with van der Waals surface area (Å²) in [5, 5.41) is 0. The van der Waals surface area contributed by atoms with Crippen LogP contribution in [0.3, 0.4) is 0 Å². The highest BCUT2D eigenvalue weighted by molar-refractivity contribution is 7.92. The average molecular weight is 356 g/mol. The van der Waals surface area contributed by atoms with Crippen molar-refractivity contribution >= 4 is 27.3 Å². The lowest BCUT2D eigenvalue weighted by Crippen LogP contribution is -2.37. The van der Waals surface area contributed by atoms with Crippen LogP contribution >= 0.6 is 0 Å². The van der Waals surface area contributed by atoms with Crippen LogP contribution in [-0.2, 0) is 16.4 Å². The van der Waals surface area contributed by atoms with Crippen LogP contribution in [0.25, 0.3) is 0 Å². The highest BCUT2D eigenvalue weighted by Crippen LogP contribution is 2.30. The topological polar surface area (TPSA) is 57.7 Å². The smallest absolute Gasteiger partial charge is 0.258 e. The highest BCUT2D eigenvalue weighted by Gasteiger charge is 2.27. The molecule has 1 amide bonds. The summed E-state index contributed by atoms with van der Waals surface area (Å²) in [5.74, 6) is 0.149. The second-order valence-corrected chi connectivity index (χ2v) is 8.49. The molecule has 4 rings (SSSR count). The van der Waals surface area contributed by atoms with Crippen molar-refractivity contribution in [2.45, 2.75) is 19.3 Å². The number of amides is 1. The molecular weight excluding hydrogens is 336 g/mol. The van der Waals surface area contributed by atoms with E-state index in [0.717, 1.165) is 18.5 Å². The van der Waals surface area contributed by atoms with Crippen LogP contribution in [0.4, 0.5) is 11.4 Å². The highest BCUT2D eigenvalue weighted by atomic mass is 32.2. The Kier molecular flexibility index (Phi) is 4.00. The normalized spacial score (nSPS) is 18.9. The first kappa shape index (κ1) is 16.1. The number of benzene rings is 2. The van der Waals surface area contributed by atoms with Crippen LogP contribution < -0.4 is 9.21 Å². The van der Waals surface area contributed by atoms with Gasteiger partial charge in [-0.25, -0.2) is 8.42 Å². The third-order valence-corrected chi connectivity index (χ3v) is 6.75. The van der Waals surface area contributed by atoms with Gasteiger partial charge in [0.1, 0.15) is 0 Å². The van der Waals surface area contributed by atoms with Gasteiger partial charge in [-0.15, -0.1) is 0 Å². The maximum Gasteiger partial charge on any atom is 0.258 e. The first-order valence-electron chi connectivity index (χ1n) is 8.56. The van der Waals surface area contributed by atoms with Crippen LogP contribution in [0.2, 0.25) is 0 Å². The average Bonchev–Trinajstić information content (AvgIpc) is 3.05. The van der Waals surface area contributed by atoms with Crippen LogP contribution in [0.5, 0.6) is 0 Å². The van der Waals surface area contributed by atoms with Crippen LogP contribution in [-0.4, -0.2) is 33.2 Å². The molecule has 0 bridgehead atoms. The Bertz CT molecular complexity index is 907. The van der Waals surface area contributed by atoms with Gasteiger partial charge in [-0.3, -0.25) is 9.10 Å². The van der Waals surface area contributed by atoms with Gasteiger partial charge in [0.05, 0.1) is 11.4 Å². The van der Waals surface area contributed by atoms with Crippen molar-refractivity contribution in [3.8, 4) is 0 Å². The molecule has 1 fully saturated rings. The van der Waals surface area contributed by atoms with E-state index in [4.69, 9.17) is 0 Å². The number of carbonyl (C=O) groups excluding carboxylic acids is 1. The van der Waals surface area contributed by atoms with Gasteiger partial charge >= 0.3 is 0 Å². The first-order chi connectivity index (χ1) is 12.1. The van der Waals surface area contributed by atoms with Crippen molar-refractivity contribution in [2.75, 3.05) is 28.0 Å². The summed E-state index contributed by atoms with van der Waals surface area (Å²) < 4.78 is 25.9. The van der Waals surface area contributed by atoms with Gasteiger partial charge in [0.2, 0.25) is 10.0 Å². The Balaban J connectivity index is 1.58. The molecule has 0 N–H and O–H groups in total. The van der Waals surface area contributed by atoms with Gasteiger partial charge in [0.15, 0.2) is 0 Å². The van der Waals surface area contributed by atoms with Crippen molar-refractivity contribution in [1.29, 1.82) is 0 Å². The number of fused-ring (bicyclic) bond motifs is 1. The van der Waals surface area contributed by atoms with E-state index in [9.17, 15) is 13.2 Å². The molecule has 0 spiro atoms. The van der Waals surface area contributed by atoms with E-state index in [0.29, 0.717) is 30.8 Å². The van der Waals surface area contributed by atoms with Gasteiger partial charge in [-0.05, 0) is 55.2 Å². The maximum absolute atomic E-state index is 12.8. The second-order valence-electron chi connectivity index (χ2n) is 6.48. The fourth-order valence-corrected chi connectivity index (χ4v) is 5.19. The minimum absolute atomic E-state index is 0.0435. The van der Waals surface area contributed by atoms with E-state index in [2.05, 4.69) is 0 Å². The molecular formula is C19H20N2O3S. The quantitative estimate of drug-likeness (QED) is 0.831. The van der Waals surface area contributed by atoms with Gasteiger partial charge in [0.25, 0.3) is 5.91 Å². The third kappa shape index (κ3) is 2.91. The molecule has 0 aliphatic carbocycles. The SMILES string of the molecule is O=C(c1ccc(N2CCCCS2(=O)=O)cc1)N1CCc2ccccc21. The fourth-order valence-electron chi connectivity index (χ4n) is 3.55. The number of anilines is 2. The second kappa shape index (κ2) is 6.19. The summed E-state index contributed by atoms with van der Waals surface area (Å²) in [5.41, 5.74) is 3.37. The molecule has 2 aliphatic heterocycles. The van der Waals surface area contributed by atoms with Crippen molar-refractivity contribution in [1.82, 2.24) is 0 Å². The lowest BCUT2D eigenvalue weighted by molar-refractivity contribution is 0.0989. The van der Waals surface area contributed by atoms with Crippen LogP contribution in [0.15, 0.2) is 48.5 Å². The summed E-state index contributed by atoms with van der Waals surface area (Å²) in [6.07, 6.45) is 2.44. The van der Waals surface area contributed by atoms with Gasteiger partial charge in [-0.1, -0.05) is 18.2 Å². The molecule has 2 aliphatic rings. The number of carbonyl (C=O) groups is 1. The van der Waals surface area contributed by atoms with Crippen molar-refractivity contribution < 1.29 is 13.2 Å². The van der Waals surface area contributed by atoms with E-state index in [1.165, 1.54) is 9.87 Å². The zero-order valence-corrected chi connectivity index (χ0v) is 14.7. The summed E-state index contributed by atoms with van der Waals surface area (Å²) in [7, 11) is -3.23. The molecule has 0 saturated carbocycles. The molecule has 2 heterocycles. The summed E-state index contributed by atoms with van der Waals surface area (Å²) in [6.45, 7) is 1.19. The molecule has 0 aromatic heterocycles. The number of hydrogen-bond donors (Lipinski definition) is 0. The Morgan fingerprint density at radius 3 is 2.44 bits per heavy atom. The summed E-state index contributed by atoms with van der Waals surface area (Å²) >= 11 is 0.